The van der Waals surface area contributed by atoms with Gasteiger partial charge in [0.05, 0.1) is 0 Å². The fraction of sp³-hybridized carbons (Fsp3) is 0.692. The van der Waals surface area contributed by atoms with Crippen LogP contribution in [0.1, 0.15) is 115 Å². The number of rotatable bonds is 19. The van der Waals surface area contributed by atoms with Gasteiger partial charge in [-0.1, -0.05) is 96.1 Å². The molecule has 0 saturated carbocycles. The van der Waals surface area contributed by atoms with Gasteiger partial charge in [-0.3, -0.25) is 9.59 Å². The Hall–Kier alpha value is -1.84. The Balaban J connectivity index is 2.00. The lowest BCUT2D eigenvalue weighted by Gasteiger charge is -2.07. The Morgan fingerprint density at radius 3 is 1.90 bits per heavy atom. The molecule has 30 heavy (non-hydrogen) atoms. The lowest BCUT2D eigenvalue weighted by molar-refractivity contribution is -0.137. The van der Waals surface area contributed by atoms with Gasteiger partial charge in [-0.15, -0.1) is 0 Å². The van der Waals surface area contributed by atoms with Crippen LogP contribution in [0.4, 0.5) is 5.69 Å². The zero-order valence-electron chi connectivity index (χ0n) is 19.1. The number of benzene rings is 1. The summed E-state index contributed by atoms with van der Waals surface area (Å²) in [6.07, 6.45) is 19.1. The molecule has 0 spiro atoms. The molecule has 1 aromatic carbocycles. The van der Waals surface area contributed by atoms with Gasteiger partial charge in [0, 0.05) is 18.5 Å². The second kappa shape index (κ2) is 18.0. The highest BCUT2D eigenvalue weighted by atomic mass is 16.4. The average molecular weight is 418 g/mol. The Kier molecular flexibility index (Phi) is 15.7. The van der Waals surface area contributed by atoms with E-state index in [4.69, 9.17) is 5.11 Å². The maximum absolute atomic E-state index is 12.1. The summed E-state index contributed by atoms with van der Waals surface area (Å²) in [4.78, 5) is 22.8. The van der Waals surface area contributed by atoms with E-state index in [2.05, 4.69) is 12.2 Å². The van der Waals surface area contributed by atoms with Gasteiger partial charge in [0.2, 0.25) is 5.91 Å². The zero-order valence-corrected chi connectivity index (χ0v) is 19.1. The molecule has 0 saturated heterocycles. The minimum atomic E-state index is -0.766. The van der Waals surface area contributed by atoms with Crippen molar-refractivity contribution in [1.29, 1.82) is 0 Å². The number of aliphatic carboxylic acids is 1. The van der Waals surface area contributed by atoms with Crippen LogP contribution in [-0.2, 0) is 16.0 Å². The van der Waals surface area contributed by atoms with Gasteiger partial charge in [-0.2, -0.15) is 0 Å². The van der Waals surface area contributed by atoms with Crippen LogP contribution in [0.3, 0.4) is 0 Å². The molecule has 0 unspecified atom stereocenters. The van der Waals surface area contributed by atoms with E-state index in [-0.39, 0.29) is 12.3 Å². The highest BCUT2D eigenvalue weighted by molar-refractivity contribution is 5.90. The summed E-state index contributed by atoms with van der Waals surface area (Å²) in [7, 11) is 0. The van der Waals surface area contributed by atoms with E-state index in [0.717, 1.165) is 30.5 Å². The van der Waals surface area contributed by atoms with E-state index >= 15 is 0 Å². The molecule has 170 valence electrons. The van der Waals surface area contributed by atoms with Crippen LogP contribution in [-0.4, -0.2) is 17.0 Å². The molecule has 0 radical (unpaired) electrons. The number of amides is 1. The summed E-state index contributed by atoms with van der Waals surface area (Å²) in [5.41, 5.74) is 1.87. The standard InChI is InChI=1S/C26H43NO3/c1-2-3-4-5-6-7-8-9-10-11-12-13-14-20-25(28)27-24-19-15-17-23(22-24)18-16-21-26(29)30/h15,17,19,22H,2-14,16,18,20-21H2,1H3,(H,27,28)(H,29,30). The first-order valence-corrected chi connectivity index (χ1v) is 12.2. The molecular weight excluding hydrogens is 374 g/mol. The summed E-state index contributed by atoms with van der Waals surface area (Å²) in [5.74, 6) is -0.696. The third kappa shape index (κ3) is 15.1. The second-order valence-electron chi connectivity index (χ2n) is 8.49. The first-order valence-electron chi connectivity index (χ1n) is 12.2. The summed E-state index contributed by atoms with van der Waals surface area (Å²) in [6.45, 7) is 2.26. The Labute approximate surface area is 183 Å². The topological polar surface area (TPSA) is 66.4 Å². The highest BCUT2D eigenvalue weighted by Gasteiger charge is 2.04. The number of nitrogens with one attached hydrogen (secondary N) is 1. The summed E-state index contributed by atoms with van der Waals surface area (Å²) >= 11 is 0. The number of anilines is 1. The Morgan fingerprint density at radius 2 is 1.33 bits per heavy atom. The number of hydrogen-bond donors (Lipinski definition) is 2. The quantitative estimate of drug-likeness (QED) is 0.229. The first kappa shape index (κ1) is 26.2. The molecule has 0 heterocycles. The first-order chi connectivity index (χ1) is 14.6. The normalized spacial score (nSPS) is 10.8. The fourth-order valence-corrected chi connectivity index (χ4v) is 3.78. The van der Waals surface area contributed by atoms with Crippen molar-refractivity contribution >= 4 is 17.6 Å². The van der Waals surface area contributed by atoms with Gasteiger partial charge in [0.1, 0.15) is 0 Å². The second-order valence-corrected chi connectivity index (χ2v) is 8.49. The molecule has 0 aromatic heterocycles. The SMILES string of the molecule is CCCCCCCCCCCCCCCC(=O)Nc1cccc(CCCC(=O)O)c1. The minimum absolute atomic E-state index is 0.0701. The number of carboxylic acids is 1. The van der Waals surface area contributed by atoms with E-state index < -0.39 is 5.97 Å². The van der Waals surface area contributed by atoms with Crippen LogP contribution in [0.2, 0.25) is 0 Å². The molecule has 4 heteroatoms. The van der Waals surface area contributed by atoms with Crippen LogP contribution in [0, 0.1) is 0 Å². The van der Waals surface area contributed by atoms with Crippen LogP contribution in [0.15, 0.2) is 24.3 Å². The number of unbranched alkanes of at least 4 members (excludes halogenated alkanes) is 12. The molecule has 0 fully saturated rings. The number of carboxylic acid groups (broad SMARTS) is 1. The molecule has 0 atom stereocenters. The molecule has 4 nitrogen and oxygen atoms in total. The molecule has 0 aliphatic rings. The number of carbonyl (C=O) groups is 2. The van der Waals surface area contributed by atoms with Crippen molar-refractivity contribution in [2.75, 3.05) is 5.32 Å². The third-order valence-electron chi connectivity index (χ3n) is 5.57. The molecule has 1 amide bonds. The predicted octanol–water partition coefficient (Wildman–Crippen LogP) is 7.51. The van der Waals surface area contributed by atoms with E-state index in [0.29, 0.717) is 12.8 Å². The zero-order chi connectivity index (χ0) is 21.9. The monoisotopic (exact) mass is 417 g/mol. The van der Waals surface area contributed by atoms with Gasteiger partial charge >= 0.3 is 5.97 Å². The fourth-order valence-electron chi connectivity index (χ4n) is 3.78. The van der Waals surface area contributed by atoms with Crippen molar-refractivity contribution in [2.45, 2.75) is 116 Å². The van der Waals surface area contributed by atoms with Gasteiger partial charge in [-0.05, 0) is 37.0 Å². The average Bonchev–Trinajstić information content (AvgIpc) is 2.71. The van der Waals surface area contributed by atoms with E-state index in [9.17, 15) is 9.59 Å². The number of hydrogen-bond acceptors (Lipinski definition) is 2. The molecular formula is C26H43NO3. The molecule has 0 bridgehead atoms. The number of carbonyl (C=O) groups excluding carboxylic acids is 1. The van der Waals surface area contributed by atoms with Crippen LogP contribution in [0.25, 0.3) is 0 Å². The summed E-state index contributed by atoms with van der Waals surface area (Å²) in [6, 6.07) is 7.73. The Morgan fingerprint density at radius 1 is 0.767 bits per heavy atom. The van der Waals surface area contributed by atoms with Gasteiger partial charge in [0.15, 0.2) is 0 Å². The van der Waals surface area contributed by atoms with Crippen molar-refractivity contribution < 1.29 is 14.7 Å². The maximum atomic E-state index is 12.1. The molecule has 2 N–H and O–H groups in total. The van der Waals surface area contributed by atoms with Gasteiger partial charge in [0.25, 0.3) is 0 Å². The summed E-state index contributed by atoms with van der Waals surface area (Å²) in [5, 5.41) is 11.7. The van der Waals surface area contributed by atoms with Gasteiger partial charge in [-0.25, -0.2) is 0 Å². The van der Waals surface area contributed by atoms with E-state index in [1.54, 1.807) is 0 Å². The third-order valence-corrected chi connectivity index (χ3v) is 5.57. The van der Waals surface area contributed by atoms with Crippen LogP contribution < -0.4 is 5.32 Å². The largest absolute Gasteiger partial charge is 0.481 e. The van der Waals surface area contributed by atoms with Crippen LogP contribution in [0.5, 0.6) is 0 Å². The lowest BCUT2D eigenvalue weighted by Crippen LogP contribution is -2.11. The van der Waals surface area contributed by atoms with E-state index in [1.165, 1.54) is 70.6 Å². The van der Waals surface area contributed by atoms with Gasteiger partial charge < -0.3 is 10.4 Å². The summed E-state index contributed by atoms with van der Waals surface area (Å²) < 4.78 is 0. The van der Waals surface area contributed by atoms with Crippen molar-refractivity contribution in [1.82, 2.24) is 0 Å². The molecule has 1 rings (SSSR count). The van der Waals surface area contributed by atoms with Crippen molar-refractivity contribution in [3.8, 4) is 0 Å². The Bertz CT molecular complexity index is 585. The van der Waals surface area contributed by atoms with Crippen molar-refractivity contribution in [3.05, 3.63) is 29.8 Å². The maximum Gasteiger partial charge on any atom is 0.303 e. The number of aryl methyl sites for hydroxylation is 1. The lowest BCUT2D eigenvalue weighted by atomic mass is 10.0. The van der Waals surface area contributed by atoms with Crippen molar-refractivity contribution in [3.63, 3.8) is 0 Å². The smallest absolute Gasteiger partial charge is 0.303 e. The minimum Gasteiger partial charge on any atom is -0.481 e. The van der Waals surface area contributed by atoms with Crippen LogP contribution >= 0.6 is 0 Å². The van der Waals surface area contributed by atoms with Crippen molar-refractivity contribution in [2.24, 2.45) is 0 Å². The van der Waals surface area contributed by atoms with E-state index in [1.807, 2.05) is 24.3 Å². The predicted molar refractivity (Wildman–Crippen MR) is 126 cm³/mol. The highest BCUT2D eigenvalue weighted by Crippen LogP contribution is 2.15. The molecule has 0 aliphatic carbocycles. The molecule has 0 aliphatic heterocycles. The molecule has 1 aromatic rings.